The molecule has 0 aromatic carbocycles. The number of fused-ring (bicyclic) bond motifs is 3. The van der Waals surface area contributed by atoms with Gasteiger partial charge in [0.15, 0.2) is 0 Å². The van der Waals surface area contributed by atoms with Crippen LogP contribution in [0.3, 0.4) is 0 Å². The number of carbonyl (C=O) groups excluding carboxylic acids is 2. The van der Waals surface area contributed by atoms with Crippen molar-refractivity contribution in [3.63, 3.8) is 0 Å². The largest absolute Gasteiger partial charge is 0.450 e. The van der Waals surface area contributed by atoms with Gasteiger partial charge in [0.2, 0.25) is 5.91 Å². The van der Waals surface area contributed by atoms with Crippen LogP contribution in [0.4, 0.5) is 4.79 Å². The first-order valence-corrected chi connectivity index (χ1v) is 11.7. The number of piperidine rings is 2. The average molecular weight is 404 g/mol. The van der Waals surface area contributed by atoms with Gasteiger partial charge in [-0.05, 0) is 57.3 Å². The Kier molecular flexibility index (Phi) is 4.18. The van der Waals surface area contributed by atoms with Gasteiger partial charge in [-0.3, -0.25) is 14.6 Å². The first-order chi connectivity index (χ1) is 14.1. The number of amides is 2. The third-order valence-corrected chi connectivity index (χ3v) is 8.92. The van der Waals surface area contributed by atoms with E-state index in [4.69, 9.17) is 9.47 Å². The van der Waals surface area contributed by atoms with Crippen molar-refractivity contribution < 1.29 is 19.1 Å². The van der Waals surface area contributed by atoms with Crippen molar-refractivity contribution in [3.8, 4) is 0 Å². The molecule has 7 nitrogen and oxygen atoms in total. The molecule has 0 aromatic heterocycles. The van der Waals surface area contributed by atoms with Gasteiger partial charge in [-0.15, -0.1) is 0 Å². The molecule has 2 saturated carbocycles. The summed E-state index contributed by atoms with van der Waals surface area (Å²) in [4.78, 5) is 32.2. The Morgan fingerprint density at radius 3 is 2.24 bits per heavy atom. The van der Waals surface area contributed by atoms with Crippen molar-refractivity contribution >= 4 is 12.0 Å². The second-order valence-corrected chi connectivity index (χ2v) is 10.2. The van der Waals surface area contributed by atoms with E-state index < -0.39 is 0 Å². The molecule has 0 aromatic rings. The highest BCUT2D eigenvalue weighted by Gasteiger charge is 2.64. The van der Waals surface area contributed by atoms with Gasteiger partial charge in [-0.2, -0.15) is 0 Å². The molecule has 2 amide bonds. The van der Waals surface area contributed by atoms with E-state index in [0.29, 0.717) is 49.5 Å². The van der Waals surface area contributed by atoms with E-state index in [-0.39, 0.29) is 23.7 Å². The molecule has 160 valence electrons. The summed E-state index contributed by atoms with van der Waals surface area (Å²) in [7, 11) is 0. The van der Waals surface area contributed by atoms with Gasteiger partial charge >= 0.3 is 6.09 Å². The van der Waals surface area contributed by atoms with Crippen molar-refractivity contribution in [2.75, 3.05) is 39.5 Å². The SMILES string of the molecule is CCOC(=O)N1C2COCC1CC(N1CC3C(C1)C3C(=O)N1CCC13CCC3)C2. The highest BCUT2D eigenvalue weighted by atomic mass is 16.6. The molecular formula is C22H33N3O4. The van der Waals surface area contributed by atoms with Gasteiger partial charge in [-0.1, -0.05) is 0 Å². The molecule has 6 aliphatic rings. The normalized spacial score (nSPS) is 42.1. The molecule has 4 heterocycles. The standard InChI is InChI=1S/C22H33N3O4/c1-2-29-21(27)25-15-8-14(9-16(25)13-28-12-15)23-10-17-18(11-23)19(17)20(26)24-7-6-22(24)4-3-5-22/h14-19H,2-13H2,1H3. The number of hydrogen-bond donors (Lipinski definition) is 0. The van der Waals surface area contributed by atoms with Crippen LogP contribution >= 0.6 is 0 Å². The molecule has 4 aliphatic heterocycles. The topological polar surface area (TPSA) is 62.3 Å². The fourth-order valence-corrected chi connectivity index (χ4v) is 7.07. The summed E-state index contributed by atoms with van der Waals surface area (Å²) in [5, 5.41) is 0. The van der Waals surface area contributed by atoms with E-state index in [9.17, 15) is 9.59 Å². The van der Waals surface area contributed by atoms with Crippen molar-refractivity contribution in [2.24, 2.45) is 17.8 Å². The van der Waals surface area contributed by atoms with Gasteiger partial charge in [0, 0.05) is 37.1 Å². The lowest BCUT2D eigenvalue weighted by molar-refractivity contribution is -0.158. The van der Waals surface area contributed by atoms with Gasteiger partial charge in [0.1, 0.15) is 0 Å². The summed E-state index contributed by atoms with van der Waals surface area (Å²) in [5.41, 5.74) is 0.283. The van der Waals surface area contributed by atoms with Gasteiger partial charge in [0.25, 0.3) is 0 Å². The second kappa shape index (κ2) is 6.58. The lowest BCUT2D eigenvalue weighted by Gasteiger charge is -2.59. The Morgan fingerprint density at radius 1 is 1.03 bits per heavy atom. The Hall–Kier alpha value is -1.34. The molecule has 7 heteroatoms. The van der Waals surface area contributed by atoms with Crippen LogP contribution < -0.4 is 0 Å². The molecule has 4 saturated heterocycles. The van der Waals surface area contributed by atoms with E-state index in [1.54, 1.807) is 0 Å². The maximum atomic E-state index is 13.1. The third-order valence-electron chi connectivity index (χ3n) is 8.92. The summed E-state index contributed by atoms with van der Waals surface area (Å²) in [6.45, 7) is 6.63. The predicted octanol–water partition coefficient (Wildman–Crippen LogP) is 1.71. The first kappa shape index (κ1) is 18.4. The smallest absolute Gasteiger partial charge is 0.410 e. The molecule has 6 fully saturated rings. The Balaban J connectivity index is 1.06. The van der Waals surface area contributed by atoms with Crippen LogP contribution in [0.25, 0.3) is 0 Å². The van der Waals surface area contributed by atoms with Crippen molar-refractivity contribution in [1.82, 2.24) is 14.7 Å². The zero-order valence-corrected chi connectivity index (χ0v) is 17.4. The number of morpholine rings is 1. The molecule has 1 spiro atoms. The number of nitrogens with zero attached hydrogens (tertiary/aromatic N) is 3. The number of hydrogen-bond acceptors (Lipinski definition) is 5. The van der Waals surface area contributed by atoms with Gasteiger partial charge in [0.05, 0.1) is 31.9 Å². The van der Waals surface area contributed by atoms with Gasteiger partial charge < -0.3 is 14.4 Å². The maximum Gasteiger partial charge on any atom is 0.410 e. The molecule has 29 heavy (non-hydrogen) atoms. The summed E-state index contributed by atoms with van der Waals surface area (Å²) in [6.07, 6.45) is 6.74. The predicted molar refractivity (Wildman–Crippen MR) is 105 cm³/mol. The minimum atomic E-state index is -0.182. The number of carbonyl (C=O) groups is 2. The Morgan fingerprint density at radius 2 is 1.72 bits per heavy atom. The van der Waals surface area contributed by atoms with Crippen LogP contribution in [0.1, 0.15) is 45.4 Å². The van der Waals surface area contributed by atoms with E-state index in [1.807, 2.05) is 11.8 Å². The third kappa shape index (κ3) is 2.69. The molecule has 0 N–H and O–H groups in total. The minimum absolute atomic E-state index is 0.125. The fourth-order valence-electron chi connectivity index (χ4n) is 7.07. The quantitative estimate of drug-likeness (QED) is 0.718. The summed E-state index contributed by atoms with van der Waals surface area (Å²) < 4.78 is 11.0. The molecule has 4 unspecified atom stereocenters. The maximum absolute atomic E-state index is 13.1. The first-order valence-electron chi connectivity index (χ1n) is 11.7. The van der Waals surface area contributed by atoms with E-state index in [1.165, 1.54) is 25.7 Å². The van der Waals surface area contributed by atoms with Crippen LogP contribution in [-0.4, -0.2) is 89.8 Å². The summed E-state index contributed by atoms with van der Waals surface area (Å²) in [5.74, 6) is 1.90. The van der Waals surface area contributed by atoms with Crippen LogP contribution in [0.2, 0.25) is 0 Å². The highest BCUT2D eigenvalue weighted by Crippen LogP contribution is 2.57. The fraction of sp³-hybridized carbons (Fsp3) is 0.909. The number of likely N-dealkylation sites (tertiary alicyclic amines) is 2. The minimum Gasteiger partial charge on any atom is -0.450 e. The van der Waals surface area contributed by atoms with Crippen LogP contribution in [0.15, 0.2) is 0 Å². The molecular weight excluding hydrogens is 370 g/mol. The Labute approximate surface area is 172 Å². The van der Waals surface area contributed by atoms with E-state index in [0.717, 1.165) is 32.5 Å². The van der Waals surface area contributed by atoms with E-state index in [2.05, 4.69) is 9.80 Å². The second-order valence-electron chi connectivity index (χ2n) is 10.2. The van der Waals surface area contributed by atoms with Crippen LogP contribution in [0, 0.1) is 17.8 Å². The van der Waals surface area contributed by atoms with Crippen LogP contribution in [-0.2, 0) is 14.3 Å². The van der Waals surface area contributed by atoms with Crippen LogP contribution in [0.5, 0.6) is 0 Å². The molecule has 2 aliphatic carbocycles. The zero-order valence-electron chi connectivity index (χ0n) is 17.4. The average Bonchev–Trinajstić information content (AvgIpc) is 3.12. The highest BCUT2D eigenvalue weighted by molar-refractivity contribution is 5.84. The zero-order chi connectivity index (χ0) is 19.8. The monoisotopic (exact) mass is 403 g/mol. The Bertz CT molecular complexity index is 679. The van der Waals surface area contributed by atoms with E-state index >= 15 is 0 Å². The van der Waals surface area contributed by atoms with Crippen molar-refractivity contribution in [2.45, 2.75) is 69.1 Å². The van der Waals surface area contributed by atoms with Crippen molar-refractivity contribution in [3.05, 3.63) is 0 Å². The lowest BCUT2D eigenvalue weighted by Crippen LogP contribution is -2.66. The molecule has 2 bridgehead atoms. The molecule has 4 atom stereocenters. The van der Waals surface area contributed by atoms with Gasteiger partial charge in [-0.25, -0.2) is 4.79 Å². The van der Waals surface area contributed by atoms with Crippen molar-refractivity contribution in [1.29, 1.82) is 0 Å². The lowest BCUT2D eigenvalue weighted by atomic mass is 9.67. The number of rotatable bonds is 3. The molecule has 0 radical (unpaired) electrons. The number of ether oxygens (including phenoxy) is 2. The molecule has 6 rings (SSSR count). The summed E-state index contributed by atoms with van der Waals surface area (Å²) in [6, 6.07) is 0.756. The summed E-state index contributed by atoms with van der Waals surface area (Å²) >= 11 is 0.